The van der Waals surface area contributed by atoms with E-state index in [2.05, 4.69) is 20.6 Å². The normalized spacial score (nSPS) is 19.8. The second-order valence-electron chi connectivity index (χ2n) is 5.43. The van der Waals surface area contributed by atoms with Gasteiger partial charge in [-0.1, -0.05) is 30.0 Å². The number of carbonyl (C=O) groups is 1. The van der Waals surface area contributed by atoms with Gasteiger partial charge in [-0.25, -0.2) is 4.68 Å². The number of hydrogen-bond donors (Lipinski definition) is 2. The van der Waals surface area contributed by atoms with E-state index < -0.39 is 0 Å². The number of benzene rings is 1. The molecule has 1 saturated heterocycles. The Morgan fingerprint density at radius 2 is 1.96 bits per heavy atom. The molecule has 3 rings (SSSR count). The molecule has 2 N–H and O–H groups in total. The molecule has 1 aliphatic rings. The van der Waals surface area contributed by atoms with Gasteiger partial charge in [0.25, 0.3) is 5.56 Å². The van der Waals surface area contributed by atoms with Gasteiger partial charge in [-0.3, -0.25) is 14.7 Å². The average molecular weight is 343 g/mol. The summed E-state index contributed by atoms with van der Waals surface area (Å²) in [5.74, 6) is -0.0872. The summed E-state index contributed by atoms with van der Waals surface area (Å²) < 4.78 is 1.48. The van der Waals surface area contributed by atoms with Crippen LogP contribution in [0, 0.1) is 6.92 Å². The number of para-hydroxylation sites is 1. The topological polar surface area (TPSA) is 91.6 Å². The molecule has 1 aliphatic heterocycles. The largest absolute Gasteiger partial charge is 0.303 e. The number of H-pyrrole nitrogens is 1. The first kappa shape index (κ1) is 16.3. The second kappa shape index (κ2) is 6.48. The van der Waals surface area contributed by atoms with E-state index in [1.165, 1.54) is 16.4 Å². The number of aromatic nitrogens is 2. The van der Waals surface area contributed by atoms with E-state index in [4.69, 9.17) is 0 Å². The van der Waals surface area contributed by atoms with Crippen LogP contribution in [0.3, 0.4) is 0 Å². The quantitative estimate of drug-likeness (QED) is 0.657. The van der Waals surface area contributed by atoms with Crippen molar-refractivity contribution in [2.75, 3.05) is 0 Å². The monoisotopic (exact) mass is 343 g/mol. The molecule has 0 unspecified atom stereocenters. The number of amides is 1. The predicted octanol–water partition coefficient (Wildman–Crippen LogP) is 1.81. The van der Waals surface area contributed by atoms with Crippen LogP contribution in [0.1, 0.15) is 25.1 Å². The van der Waals surface area contributed by atoms with Crippen molar-refractivity contribution in [2.45, 2.75) is 26.0 Å². The maximum atomic E-state index is 12.7. The number of aromatic amines is 1. The highest BCUT2D eigenvalue weighted by molar-refractivity contribution is 8.15. The molecule has 0 bridgehead atoms. The summed E-state index contributed by atoms with van der Waals surface area (Å²) in [7, 11) is 0. The van der Waals surface area contributed by atoms with Crippen LogP contribution in [-0.2, 0) is 4.79 Å². The third-order valence-electron chi connectivity index (χ3n) is 3.63. The fraction of sp³-hybridized carbons (Fsp3) is 0.250. The maximum Gasteiger partial charge on any atom is 0.280 e. The van der Waals surface area contributed by atoms with Crippen molar-refractivity contribution in [1.29, 1.82) is 0 Å². The zero-order valence-corrected chi connectivity index (χ0v) is 14.3. The molecule has 1 amide bonds. The van der Waals surface area contributed by atoms with E-state index in [1.54, 1.807) is 13.8 Å². The Hall–Kier alpha value is -2.61. The van der Waals surface area contributed by atoms with Gasteiger partial charge in [-0.2, -0.15) is 5.10 Å². The van der Waals surface area contributed by atoms with Crippen LogP contribution in [0.25, 0.3) is 5.69 Å². The molecule has 124 valence electrons. The summed E-state index contributed by atoms with van der Waals surface area (Å²) in [4.78, 5) is 24.1. The van der Waals surface area contributed by atoms with E-state index in [-0.39, 0.29) is 16.7 Å². The Labute approximate surface area is 142 Å². The van der Waals surface area contributed by atoms with Gasteiger partial charge < -0.3 is 5.32 Å². The number of amidine groups is 1. The van der Waals surface area contributed by atoms with Crippen molar-refractivity contribution in [3.8, 4) is 5.69 Å². The van der Waals surface area contributed by atoms with Gasteiger partial charge in [0, 0.05) is 5.69 Å². The van der Waals surface area contributed by atoms with Gasteiger partial charge in [-0.15, -0.1) is 5.10 Å². The fourth-order valence-electron chi connectivity index (χ4n) is 2.41. The van der Waals surface area contributed by atoms with Gasteiger partial charge in [0.15, 0.2) is 5.17 Å². The van der Waals surface area contributed by atoms with Gasteiger partial charge in [0.2, 0.25) is 5.91 Å². The van der Waals surface area contributed by atoms with Crippen molar-refractivity contribution >= 4 is 28.5 Å². The third-order valence-corrected chi connectivity index (χ3v) is 4.60. The zero-order chi connectivity index (χ0) is 17.3. The van der Waals surface area contributed by atoms with E-state index in [0.29, 0.717) is 22.1 Å². The Kier molecular flexibility index (Phi) is 4.39. The summed E-state index contributed by atoms with van der Waals surface area (Å²) in [6.45, 7) is 5.34. The van der Waals surface area contributed by atoms with Gasteiger partial charge in [0.05, 0.1) is 22.2 Å². The van der Waals surface area contributed by atoms with Gasteiger partial charge in [-0.05, 0) is 32.9 Å². The summed E-state index contributed by atoms with van der Waals surface area (Å²) in [5, 5.41) is 14.1. The van der Waals surface area contributed by atoms with E-state index in [1.807, 2.05) is 37.3 Å². The van der Waals surface area contributed by atoms with Crippen molar-refractivity contribution in [1.82, 2.24) is 15.1 Å². The Bertz CT molecular complexity index is 895. The van der Waals surface area contributed by atoms with Crippen molar-refractivity contribution in [2.24, 2.45) is 10.2 Å². The Morgan fingerprint density at radius 1 is 1.25 bits per heavy atom. The number of nitrogens with zero attached hydrogens (tertiary/aromatic N) is 3. The number of carbonyl (C=O) groups excluding carboxylic acids is 1. The summed E-state index contributed by atoms with van der Waals surface area (Å²) >= 11 is 1.31. The minimum Gasteiger partial charge on any atom is -0.303 e. The SMILES string of the molecule is C/C(=N\N=C1\NC(=O)[C@H](C)S1)c1c(C)[nH]n(-c2ccccc2)c1=O. The molecule has 0 spiro atoms. The van der Waals surface area contributed by atoms with Crippen LogP contribution >= 0.6 is 11.8 Å². The third kappa shape index (κ3) is 3.05. The molecule has 2 heterocycles. The van der Waals surface area contributed by atoms with Crippen LogP contribution in [0.15, 0.2) is 45.3 Å². The molecule has 1 aromatic carbocycles. The summed E-state index contributed by atoms with van der Waals surface area (Å²) in [5.41, 5.74) is 2.25. The predicted molar refractivity (Wildman–Crippen MR) is 96.0 cm³/mol. The fourth-order valence-corrected chi connectivity index (χ4v) is 3.16. The van der Waals surface area contributed by atoms with Crippen molar-refractivity contribution in [3.05, 3.63) is 51.9 Å². The zero-order valence-electron chi connectivity index (χ0n) is 13.5. The highest BCUT2D eigenvalue weighted by atomic mass is 32.2. The van der Waals surface area contributed by atoms with Crippen molar-refractivity contribution in [3.63, 3.8) is 0 Å². The minimum absolute atomic E-state index is 0.0872. The van der Waals surface area contributed by atoms with Crippen molar-refractivity contribution < 1.29 is 4.79 Å². The highest BCUT2D eigenvalue weighted by Gasteiger charge is 2.26. The van der Waals surface area contributed by atoms with Crippen LogP contribution in [0.4, 0.5) is 0 Å². The lowest BCUT2D eigenvalue weighted by molar-refractivity contribution is -0.118. The second-order valence-corrected chi connectivity index (χ2v) is 6.76. The lowest BCUT2D eigenvalue weighted by Gasteiger charge is -1.99. The number of thioether (sulfide) groups is 1. The van der Waals surface area contributed by atoms with Gasteiger partial charge in [0.1, 0.15) is 0 Å². The first-order chi connectivity index (χ1) is 11.5. The highest BCUT2D eigenvalue weighted by Crippen LogP contribution is 2.18. The lowest BCUT2D eigenvalue weighted by atomic mass is 10.2. The molecule has 0 aliphatic carbocycles. The number of aryl methyl sites for hydroxylation is 1. The molecular weight excluding hydrogens is 326 g/mol. The average Bonchev–Trinajstić information content (AvgIpc) is 3.05. The van der Waals surface area contributed by atoms with Crippen LogP contribution in [0.5, 0.6) is 0 Å². The first-order valence-corrected chi connectivity index (χ1v) is 8.32. The molecule has 24 heavy (non-hydrogen) atoms. The first-order valence-electron chi connectivity index (χ1n) is 7.44. The smallest absolute Gasteiger partial charge is 0.280 e. The number of rotatable bonds is 3. The standard InChI is InChI=1S/C16H17N5O2S/c1-9(18-19-16-17-14(22)11(3)24-16)13-10(2)20-21(15(13)23)12-7-5-4-6-8-12/h4-8,11,20H,1-3H3,(H,17,19,22)/b18-9+/t11-/m0/s1. The molecule has 1 aromatic heterocycles. The molecule has 1 atom stereocenters. The molecule has 8 heteroatoms. The lowest BCUT2D eigenvalue weighted by Crippen LogP contribution is -2.23. The Balaban J connectivity index is 1.94. The van der Waals surface area contributed by atoms with E-state index in [9.17, 15) is 9.59 Å². The molecule has 1 fully saturated rings. The molecule has 2 aromatic rings. The van der Waals surface area contributed by atoms with Gasteiger partial charge >= 0.3 is 0 Å². The number of nitrogens with one attached hydrogen (secondary N) is 2. The van der Waals surface area contributed by atoms with E-state index >= 15 is 0 Å². The van der Waals surface area contributed by atoms with Crippen LogP contribution in [0.2, 0.25) is 0 Å². The Morgan fingerprint density at radius 3 is 2.58 bits per heavy atom. The van der Waals surface area contributed by atoms with Crippen LogP contribution < -0.4 is 10.9 Å². The molecular formula is C16H17N5O2S. The minimum atomic E-state index is -0.184. The summed E-state index contributed by atoms with van der Waals surface area (Å²) in [6, 6.07) is 9.32. The summed E-state index contributed by atoms with van der Waals surface area (Å²) in [6.07, 6.45) is 0. The van der Waals surface area contributed by atoms with E-state index in [0.717, 1.165) is 5.69 Å². The molecule has 7 nitrogen and oxygen atoms in total. The molecule has 0 radical (unpaired) electrons. The molecule has 0 saturated carbocycles. The number of hydrogen-bond acceptors (Lipinski definition) is 5. The van der Waals surface area contributed by atoms with Crippen LogP contribution in [-0.4, -0.2) is 31.8 Å². The maximum absolute atomic E-state index is 12.7.